The molecule has 2 heterocycles. The number of para-hydroxylation sites is 2. The van der Waals surface area contributed by atoms with Gasteiger partial charge in [-0.3, -0.25) is 0 Å². The van der Waals surface area contributed by atoms with Crippen molar-refractivity contribution in [3.63, 3.8) is 0 Å². The van der Waals surface area contributed by atoms with Crippen molar-refractivity contribution < 1.29 is 4.42 Å². The van der Waals surface area contributed by atoms with Crippen molar-refractivity contribution in [1.82, 2.24) is 4.57 Å². The molecule has 242 valence electrons. The van der Waals surface area contributed by atoms with E-state index in [1.54, 1.807) is 0 Å². The van der Waals surface area contributed by atoms with Crippen LogP contribution in [0.25, 0.3) is 104 Å². The van der Waals surface area contributed by atoms with Gasteiger partial charge >= 0.3 is 0 Å². The summed E-state index contributed by atoms with van der Waals surface area (Å²) in [4.78, 5) is 0. The largest absolute Gasteiger partial charge is 0.456 e. The van der Waals surface area contributed by atoms with Crippen LogP contribution in [0.1, 0.15) is 0 Å². The first-order chi connectivity index (χ1) is 25.8. The monoisotopic (exact) mass is 661 g/mol. The molecule has 2 heteroatoms. The topological polar surface area (TPSA) is 18.1 Å². The summed E-state index contributed by atoms with van der Waals surface area (Å²) in [5, 5.41) is 9.83. The fraction of sp³-hybridized carbons (Fsp3) is 0. The molecule has 0 spiro atoms. The Morgan fingerprint density at radius 1 is 0.288 bits per heavy atom. The van der Waals surface area contributed by atoms with Crippen LogP contribution in [0.15, 0.2) is 192 Å². The maximum Gasteiger partial charge on any atom is 0.135 e. The summed E-state index contributed by atoms with van der Waals surface area (Å²) in [6, 6.07) is 68.1. The molecule has 0 amide bonds. The zero-order valence-corrected chi connectivity index (χ0v) is 28.3. The Kier molecular flexibility index (Phi) is 6.28. The van der Waals surface area contributed by atoms with Crippen molar-refractivity contribution >= 4 is 65.3 Å². The first kappa shape index (κ1) is 28.9. The highest BCUT2D eigenvalue weighted by Crippen LogP contribution is 2.44. The molecule has 2 aromatic heterocycles. The van der Waals surface area contributed by atoms with Crippen LogP contribution in [-0.2, 0) is 0 Å². The second-order valence-corrected chi connectivity index (χ2v) is 13.6. The molecule has 0 N–H and O–H groups in total. The molecule has 9 aromatic carbocycles. The number of hydrogen-bond acceptors (Lipinski definition) is 1. The van der Waals surface area contributed by atoms with Crippen LogP contribution in [0.4, 0.5) is 0 Å². The van der Waals surface area contributed by atoms with E-state index >= 15 is 0 Å². The third-order valence-corrected chi connectivity index (χ3v) is 10.8. The molecular formula is C50H31NO. The third-order valence-electron chi connectivity index (χ3n) is 10.8. The van der Waals surface area contributed by atoms with E-state index < -0.39 is 0 Å². The van der Waals surface area contributed by atoms with E-state index in [-0.39, 0.29) is 0 Å². The quantitative estimate of drug-likeness (QED) is 0.172. The van der Waals surface area contributed by atoms with E-state index in [2.05, 4.69) is 180 Å². The lowest BCUT2D eigenvalue weighted by atomic mass is 9.86. The van der Waals surface area contributed by atoms with Gasteiger partial charge < -0.3 is 8.98 Å². The molecule has 0 saturated carbocycles. The number of aromatic nitrogens is 1. The molecule has 0 aliphatic rings. The fourth-order valence-electron chi connectivity index (χ4n) is 8.47. The first-order valence-electron chi connectivity index (χ1n) is 17.8. The summed E-state index contributed by atoms with van der Waals surface area (Å²) in [7, 11) is 0. The van der Waals surface area contributed by atoms with Crippen LogP contribution >= 0.6 is 0 Å². The average molecular weight is 662 g/mol. The van der Waals surface area contributed by atoms with Crippen LogP contribution in [0.2, 0.25) is 0 Å². The van der Waals surface area contributed by atoms with Crippen LogP contribution in [0, 0.1) is 0 Å². The van der Waals surface area contributed by atoms with Crippen LogP contribution in [0.3, 0.4) is 0 Å². The summed E-state index contributed by atoms with van der Waals surface area (Å²) >= 11 is 0. The van der Waals surface area contributed by atoms with Gasteiger partial charge in [0.1, 0.15) is 11.2 Å². The van der Waals surface area contributed by atoms with E-state index in [0.29, 0.717) is 0 Å². The number of hydrogen-bond donors (Lipinski definition) is 0. The predicted molar refractivity (Wildman–Crippen MR) is 219 cm³/mol. The number of furan rings is 1. The molecule has 0 atom stereocenters. The highest BCUT2D eigenvalue weighted by atomic mass is 16.3. The molecule has 0 aliphatic heterocycles. The van der Waals surface area contributed by atoms with Crippen LogP contribution in [0.5, 0.6) is 0 Å². The SMILES string of the molecule is c1ccc(-c2c3ccccc3c(-c3ccc(-n4c5ccccc5c5cc(-c6ccc7oc8ccccc8c7c6)ccc54)cc3)c3ccccc23)cc1. The second kappa shape index (κ2) is 11.3. The van der Waals surface area contributed by atoms with E-state index in [1.165, 1.54) is 76.7 Å². The summed E-state index contributed by atoms with van der Waals surface area (Å²) in [6.45, 7) is 0. The Hall–Kier alpha value is -6.90. The van der Waals surface area contributed by atoms with E-state index in [1.807, 2.05) is 12.1 Å². The first-order valence-corrected chi connectivity index (χ1v) is 17.8. The molecule has 11 aromatic rings. The number of benzene rings is 9. The maximum absolute atomic E-state index is 6.12. The molecule has 11 rings (SSSR count). The van der Waals surface area contributed by atoms with Gasteiger partial charge in [-0.15, -0.1) is 0 Å². The predicted octanol–water partition coefficient (Wildman–Crippen LogP) is 14.0. The van der Waals surface area contributed by atoms with E-state index in [4.69, 9.17) is 4.42 Å². The van der Waals surface area contributed by atoms with Gasteiger partial charge in [-0.25, -0.2) is 0 Å². The van der Waals surface area contributed by atoms with E-state index in [0.717, 1.165) is 27.6 Å². The lowest BCUT2D eigenvalue weighted by Gasteiger charge is -2.18. The Balaban J connectivity index is 1.06. The molecule has 2 nitrogen and oxygen atoms in total. The fourth-order valence-corrected chi connectivity index (χ4v) is 8.47. The van der Waals surface area contributed by atoms with Crippen molar-refractivity contribution in [2.75, 3.05) is 0 Å². The zero-order chi connectivity index (χ0) is 34.2. The van der Waals surface area contributed by atoms with Crippen LogP contribution < -0.4 is 0 Å². The van der Waals surface area contributed by atoms with Crippen molar-refractivity contribution in [1.29, 1.82) is 0 Å². The van der Waals surface area contributed by atoms with Gasteiger partial charge in [0.05, 0.1) is 11.0 Å². The Labute approximate surface area is 300 Å². The van der Waals surface area contributed by atoms with Crippen molar-refractivity contribution in [3.8, 4) is 39.1 Å². The second-order valence-electron chi connectivity index (χ2n) is 13.6. The minimum atomic E-state index is 0.916. The normalized spacial score (nSPS) is 11.8. The lowest BCUT2D eigenvalue weighted by molar-refractivity contribution is 0.669. The Bertz CT molecular complexity index is 3110. The lowest BCUT2D eigenvalue weighted by Crippen LogP contribution is -1.94. The van der Waals surface area contributed by atoms with Gasteiger partial charge in [0.25, 0.3) is 0 Å². The average Bonchev–Trinajstić information content (AvgIpc) is 3.75. The highest BCUT2D eigenvalue weighted by Gasteiger charge is 2.18. The molecular weight excluding hydrogens is 631 g/mol. The summed E-state index contributed by atoms with van der Waals surface area (Å²) in [5.41, 5.74) is 12.7. The highest BCUT2D eigenvalue weighted by molar-refractivity contribution is 6.21. The molecule has 52 heavy (non-hydrogen) atoms. The van der Waals surface area contributed by atoms with Crippen LogP contribution in [-0.4, -0.2) is 4.57 Å². The summed E-state index contributed by atoms with van der Waals surface area (Å²) in [6.07, 6.45) is 0. The Morgan fingerprint density at radius 3 is 1.42 bits per heavy atom. The van der Waals surface area contributed by atoms with Gasteiger partial charge in [0.15, 0.2) is 0 Å². The standard InChI is InChI=1S/C50H31NO/c1-2-12-32(13-3-1)49-39-16-4-6-18-41(39)50(42-19-7-5-17-40(42)49)33-22-26-36(27-23-33)51-45-20-10-8-14-37(45)43-30-34(24-28-46(43)51)35-25-29-48-44(31-35)38-15-9-11-21-47(38)52-48/h1-31H. The summed E-state index contributed by atoms with van der Waals surface area (Å²) < 4.78 is 8.52. The van der Waals surface area contributed by atoms with E-state index in [9.17, 15) is 0 Å². The minimum Gasteiger partial charge on any atom is -0.456 e. The van der Waals surface area contributed by atoms with Crippen molar-refractivity contribution in [3.05, 3.63) is 188 Å². The molecule has 0 radical (unpaired) electrons. The molecule has 0 fully saturated rings. The molecule has 0 aliphatic carbocycles. The zero-order valence-electron chi connectivity index (χ0n) is 28.3. The van der Waals surface area contributed by atoms with Gasteiger partial charge in [-0.05, 0) is 103 Å². The molecule has 0 saturated heterocycles. The molecule has 0 unspecified atom stereocenters. The van der Waals surface area contributed by atoms with Gasteiger partial charge in [-0.1, -0.05) is 140 Å². The van der Waals surface area contributed by atoms with Gasteiger partial charge in [0, 0.05) is 27.2 Å². The smallest absolute Gasteiger partial charge is 0.135 e. The van der Waals surface area contributed by atoms with Crippen molar-refractivity contribution in [2.24, 2.45) is 0 Å². The van der Waals surface area contributed by atoms with Gasteiger partial charge in [-0.2, -0.15) is 0 Å². The van der Waals surface area contributed by atoms with Gasteiger partial charge in [0.2, 0.25) is 0 Å². The van der Waals surface area contributed by atoms with Crippen molar-refractivity contribution in [2.45, 2.75) is 0 Å². The maximum atomic E-state index is 6.12. The third kappa shape index (κ3) is 4.31. The summed E-state index contributed by atoms with van der Waals surface area (Å²) in [5.74, 6) is 0. The number of rotatable bonds is 4. The number of nitrogens with zero attached hydrogens (tertiary/aromatic N) is 1. The minimum absolute atomic E-state index is 0.916. The number of fused-ring (bicyclic) bond motifs is 8. The molecule has 0 bridgehead atoms. The Morgan fingerprint density at radius 2 is 0.750 bits per heavy atom.